The summed E-state index contributed by atoms with van der Waals surface area (Å²) in [5.74, 6) is 6.58. The summed E-state index contributed by atoms with van der Waals surface area (Å²) in [6.07, 6.45) is 3.86. The van der Waals surface area contributed by atoms with Crippen LogP contribution in [0.1, 0.15) is 25.6 Å². The molecule has 0 atom stereocenters. The highest BCUT2D eigenvalue weighted by atomic mass is 15.3. The van der Waals surface area contributed by atoms with E-state index in [1.54, 1.807) is 11.0 Å². The van der Waals surface area contributed by atoms with Crippen LogP contribution in [0.15, 0.2) is 11.3 Å². The summed E-state index contributed by atoms with van der Waals surface area (Å²) in [6.45, 7) is 3.40. The number of hydrogen-bond donors (Lipinski definition) is 3. The van der Waals surface area contributed by atoms with E-state index in [4.69, 9.17) is 5.84 Å². The molecule has 0 saturated carbocycles. The maximum atomic E-state index is 5.34. The van der Waals surface area contributed by atoms with Gasteiger partial charge in [0.25, 0.3) is 0 Å². The van der Waals surface area contributed by atoms with Crippen LogP contribution < -0.4 is 16.6 Å². The van der Waals surface area contributed by atoms with Crippen LogP contribution in [0.3, 0.4) is 0 Å². The number of rotatable bonds is 5. The molecule has 0 spiro atoms. The van der Waals surface area contributed by atoms with Gasteiger partial charge in [-0.1, -0.05) is 13.3 Å². The first-order valence-electron chi connectivity index (χ1n) is 5.35. The predicted octanol–water partition coefficient (Wildman–Crippen LogP) is -0.476. The molecule has 1 aromatic rings. The second kappa shape index (κ2) is 6.78. The minimum atomic E-state index is 0.416. The Bertz CT molecular complexity index is 330. The zero-order valence-electron chi connectivity index (χ0n) is 9.77. The van der Waals surface area contributed by atoms with Gasteiger partial charge in [-0.3, -0.25) is 10.1 Å². The van der Waals surface area contributed by atoms with Gasteiger partial charge in [-0.05, 0) is 6.42 Å². The van der Waals surface area contributed by atoms with Crippen molar-refractivity contribution in [2.45, 2.75) is 26.3 Å². The van der Waals surface area contributed by atoms with Crippen LogP contribution in [0.5, 0.6) is 0 Å². The van der Waals surface area contributed by atoms with E-state index in [9.17, 15) is 0 Å². The highest BCUT2D eigenvalue weighted by Gasteiger charge is 1.98. The lowest BCUT2D eigenvalue weighted by Crippen LogP contribution is -2.42. The van der Waals surface area contributed by atoms with Gasteiger partial charge in [-0.25, -0.2) is 15.8 Å². The molecule has 0 unspecified atom stereocenters. The van der Waals surface area contributed by atoms with E-state index >= 15 is 0 Å². The van der Waals surface area contributed by atoms with Gasteiger partial charge in [-0.2, -0.15) is 5.10 Å². The molecule has 0 aromatic carbocycles. The van der Waals surface area contributed by atoms with Crippen molar-refractivity contribution in [2.75, 3.05) is 6.54 Å². The van der Waals surface area contributed by atoms with Crippen LogP contribution >= 0.6 is 0 Å². The van der Waals surface area contributed by atoms with Crippen molar-refractivity contribution in [1.29, 1.82) is 0 Å². The number of hydrazine groups is 1. The van der Waals surface area contributed by atoms with Crippen molar-refractivity contribution >= 4 is 5.96 Å². The van der Waals surface area contributed by atoms with E-state index in [0.29, 0.717) is 18.3 Å². The Labute approximate surface area is 95.1 Å². The summed E-state index contributed by atoms with van der Waals surface area (Å²) >= 11 is 0. The Kier molecular flexibility index (Phi) is 5.27. The van der Waals surface area contributed by atoms with Gasteiger partial charge < -0.3 is 5.32 Å². The first-order valence-corrected chi connectivity index (χ1v) is 5.35. The molecule has 0 aliphatic heterocycles. The van der Waals surface area contributed by atoms with Crippen molar-refractivity contribution < 1.29 is 0 Å². The number of nitrogens with two attached hydrogens (primary N) is 1. The van der Waals surface area contributed by atoms with Crippen LogP contribution in [-0.4, -0.2) is 27.3 Å². The third-order valence-electron chi connectivity index (χ3n) is 1.99. The molecule has 1 aromatic heterocycles. The molecule has 0 aliphatic rings. The van der Waals surface area contributed by atoms with Crippen molar-refractivity contribution in [3.63, 3.8) is 0 Å². The van der Waals surface area contributed by atoms with Crippen LogP contribution in [-0.2, 0) is 13.6 Å². The van der Waals surface area contributed by atoms with E-state index in [0.717, 1.165) is 19.4 Å². The largest absolute Gasteiger partial charge is 0.355 e. The standard InChI is InChI=1S/C9H19N7/c1-3-4-5-11-9(14-10)12-6-8-13-7-16(2)15-8/h7H,3-6,10H2,1-2H3,(H2,11,12,14). The number of unbranched alkanes of at least 4 members (excludes halogenated alkanes) is 1. The van der Waals surface area contributed by atoms with Crippen molar-refractivity contribution in [2.24, 2.45) is 17.9 Å². The maximum Gasteiger partial charge on any atom is 0.206 e. The van der Waals surface area contributed by atoms with Gasteiger partial charge in [0.1, 0.15) is 12.9 Å². The molecule has 16 heavy (non-hydrogen) atoms. The second-order valence-corrected chi connectivity index (χ2v) is 3.42. The van der Waals surface area contributed by atoms with Gasteiger partial charge in [0, 0.05) is 13.6 Å². The minimum Gasteiger partial charge on any atom is -0.355 e. The normalized spacial score (nSPS) is 11.6. The average molecular weight is 225 g/mol. The Morgan fingerprint density at radius 3 is 3.00 bits per heavy atom. The summed E-state index contributed by atoms with van der Waals surface area (Å²) in [4.78, 5) is 8.30. The van der Waals surface area contributed by atoms with Crippen LogP contribution in [0.4, 0.5) is 0 Å². The lowest BCUT2D eigenvalue weighted by molar-refractivity contribution is 0.722. The number of aromatic nitrogens is 3. The van der Waals surface area contributed by atoms with Crippen molar-refractivity contribution in [1.82, 2.24) is 25.5 Å². The van der Waals surface area contributed by atoms with Gasteiger partial charge in [0.05, 0.1) is 0 Å². The third-order valence-corrected chi connectivity index (χ3v) is 1.99. The maximum absolute atomic E-state index is 5.34. The Morgan fingerprint density at radius 2 is 2.44 bits per heavy atom. The molecule has 7 nitrogen and oxygen atoms in total. The molecule has 1 heterocycles. The number of nitrogens with zero attached hydrogens (tertiary/aromatic N) is 4. The van der Waals surface area contributed by atoms with Gasteiger partial charge >= 0.3 is 0 Å². The van der Waals surface area contributed by atoms with Crippen molar-refractivity contribution in [3.05, 3.63) is 12.2 Å². The molecule has 0 aliphatic carbocycles. The number of aliphatic imine (C=N–C) groups is 1. The predicted molar refractivity (Wildman–Crippen MR) is 62.4 cm³/mol. The Morgan fingerprint density at radius 1 is 1.62 bits per heavy atom. The molecule has 4 N–H and O–H groups in total. The highest BCUT2D eigenvalue weighted by molar-refractivity contribution is 5.79. The SMILES string of the molecule is CCCCNC(=NCc1ncn(C)n1)NN. The average Bonchev–Trinajstić information content (AvgIpc) is 2.69. The first kappa shape index (κ1) is 12.4. The minimum absolute atomic E-state index is 0.416. The zero-order valence-corrected chi connectivity index (χ0v) is 9.77. The monoisotopic (exact) mass is 225 g/mol. The second-order valence-electron chi connectivity index (χ2n) is 3.42. The van der Waals surface area contributed by atoms with E-state index in [1.165, 1.54) is 0 Å². The molecule has 0 amide bonds. The number of guanidine groups is 1. The fraction of sp³-hybridized carbons (Fsp3) is 0.667. The molecule has 0 radical (unpaired) electrons. The fourth-order valence-corrected chi connectivity index (χ4v) is 1.14. The van der Waals surface area contributed by atoms with Gasteiger partial charge in [0.2, 0.25) is 5.96 Å². The number of aryl methyl sites for hydroxylation is 1. The Balaban J connectivity index is 2.40. The number of hydrogen-bond acceptors (Lipinski definition) is 4. The molecule has 0 fully saturated rings. The van der Waals surface area contributed by atoms with E-state index in [2.05, 4.69) is 32.7 Å². The zero-order chi connectivity index (χ0) is 11.8. The van der Waals surface area contributed by atoms with Crippen molar-refractivity contribution in [3.8, 4) is 0 Å². The molecular formula is C9H19N7. The highest BCUT2D eigenvalue weighted by Crippen LogP contribution is 1.90. The summed E-state index contributed by atoms with van der Waals surface area (Å²) in [6, 6.07) is 0. The lowest BCUT2D eigenvalue weighted by atomic mass is 10.3. The Hall–Kier alpha value is -1.63. The summed E-state index contributed by atoms with van der Waals surface area (Å²) in [5, 5.41) is 7.21. The summed E-state index contributed by atoms with van der Waals surface area (Å²) in [7, 11) is 1.82. The number of nitrogens with one attached hydrogen (secondary N) is 2. The molecular weight excluding hydrogens is 206 g/mol. The third kappa shape index (κ3) is 4.26. The first-order chi connectivity index (χ1) is 7.76. The van der Waals surface area contributed by atoms with E-state index < -0.39 is 0 Å². The smallest absolute Gasteiger partial charge is 0.206 e. The van der Waals surface area contributed by atoms with Crippen LogP contribution in [0, 0.1) is 0 Å². The quantitative estimate of drug-likeness (QED) is 0.207. The molecule has 7 heteroatoms. The molecule has 90 valence electrons. The fourth-order valence-electron chi connectivity index (χ4n) is 1.14. The van der Waals surface area contributed by atoms with Gasteiger partial charge in [-0.15, -0.1) is 0 Å². The molecule has 0 saturated heterocycles. The van der Waals surface area contributed by atoms with E-state index in [1.807, 2.05) is 7.05 Å². The van der Waals surface area contributed by atoms with Crippen LogP contribution in [0.25, 0.3) is 0 Å². The molecule has 0 bridgehead atoms. The summed E-state index contributed by atoms with van der Waals surface area (Å²) in [5.41, 5.74) is 2.51. The van der Waals surface area contributed by atoms with Gasteiger partial charge in [0.15, 0.2) is 5.82 Å². The summed E-state index contributed by atoms with van der Waals surface area (Å²) < 4.78 is 1.64. The topological polar surface area (TPSA) is 93.1 Å². The van der Waals surface area contributed by atoms with Crippen LogP contribution in [0.2, 0.25) is 0 Å². The molecule has 1 rings (SSSR count). The lowest BCUT2D eigenvalue weighted by Gasteiger charge is -2.07. The van der Waals surface area contributed by atoms with E-state index in [-0.39, 0.29) is 0 Å².